The molecule has 0 aromatic carbocycles. The van der Waals surface area contributed by atoms with Gasteiger partial charge in [0.15, 0.2) is 5.82 Å². The Labute approximate surface area is 90.3 Å². The monoisotopic (exact) mass is 207 g/mol. The normalized spacial score (nSPS) is 10.5. The van der Waals surface area contributed by atoms with Gasteiger partial charge in [0.25, 0.3) is 0 Å². The van der Waals surface area contributed by atoms with Crippen LogP contribution < -0.4 is 0 Å². The van der Waals surface area contributed by atoms with Gasteiger partial charge in [-0.3, -0.25) is 0 Å². The van der Waals surface area contributed by atoms with E-state index in [1.54, 1.807) is 0 Å². The minimum absolute atomic E-state index is 0.545. The van der Waals surface area contributed by atoms with Crippen LogP contribution in [0.1, 0.15) is 44.8 Å². The van der Waals surface area contributed by atoms with Gasteiger partial charge in [-0.05, 0) is 18.8 Å². The van der Waals surface area contributed by atoms with Crippen molar-refractivity contribution in [3.8, 4) is 6.07 Å². The second kappa shape index (κ2) is 6.18. The number of aromatic nitrogens is 2. The van der Waals surface area contributed by atoms with Gasteiger partial charge in [0.2, 0.25) is 5.89 Å². The van der Waals surface area contributed by atoms with E-state index in [0.29, 0.717) is 24.7 Å². The van der Waals surface area contributed by atoms with Gasteiger partial charge in [-0.15, -0.1) is 0 Å². The predicted molar refractivity (Wildman–Crippen MR) is 56.0 cm³/mol. The third-order valence-electron chi connectivity index (χ3n) is 2.13. The number of rotatable bonds is 6. The van der Waals surface area contributed by atoms with E-state index >= 15 is 0 Å². The SMILES string of the molecule is CC(C)CCc1noc(CCCC#N)n1. The van der Waals surface area contributed by atoms with Gasteiger partial charge in [0.05, 0.1) is 6.07 Å². The third kappa shape index (κ3) is 4.59. The number of unbranched alkanes of at least 4 members (excludes halogenated alkanes) is 1. The van der Waals surface area contributed by atoms with Crippen molar-refractivity contribution in [1.29, 1.82) is 5.26 Å². The Balaban J connectivity index is 2.32. The molecule has 0 saturated carbocycles. The van der Waals surface area contributed by atoms with Crippen molar-refractivity contribution in [3.63, 3.8) is 0 Å². The molecule has 0 saturated heterocycles. The maximum absolute atomic E-state index is 8.38. The van der Waals surface area contributed by atoms with Crippen LogP contribution in [0.5, 0.6) is 0 Å². The maximum Gasteiger partial charge on any atom is 0.226 e. The average Bonchev–Trinajstić information content (AvgIpc) is 2.63. The lowest BCUT2D eigenvalue weighted by molar-refractivity contribution is 0.369. The molecule has 0 aliphatic rings. The van der Waals surface area contributed by atoms with Crippen LogP contribution in [0.15, 0.2) is 4.52 Å². The van der Waals surface area contributed by atoms with Gasteiger partial charge >= 0.3 is 0 Å². The molecule has 0 N–H and O–H groups in total. The van der Waals surface area contributed by atoms with E-state index < -0.39 is 0 Å². The quantitative estimate of drug-likeness (QED) is 0.672. The molecule has 0 aliphatic heterocycles. The predicted octanol–water partition coefficient (Wildman–Crippen LogP) is 2.50. The Bertz CT molecular complexity index is 325. The van der Waals surface area contributed by atoms with E-state index in [1.165, 1.54) is 0 Å². The second-order valence-electron chi connectivity index (χ2n) is 4.05. The summed E-state index contributed by atoms with van der Waals surface area (Å²) in [5.74, 6) is 2.10. The maximum atomic E-state index is 8.38. The summed E-state index contributed by atoms with van der Waals surface area (Å²) in [6.45, 7) is 4.35. The molecule has 4 nitrogen and oxygen atoms in total. The molecular formula is C11H17N3O. The Hall–Kier alpha value is -1.37. The van der Waals surface area contributed by atoms with Crippen LogP contribution in [-0.2, 0) is 12.8 Å². The molecule has 1 rings (SSSR count). The highest BCUT2D eigenvalue weighted by Crippen LogP contribution is 2.07. The molecule has 1 heterocycles. The molecule has 0 unspecified atom stereocenters. The minimum atomic E-state index is 0.545. The summed E-state index contributed by atoms with van der Waals surface area (Å²) in [5.41, 5.74) is 0. The highest BCUT2D eigenvalue weighted by atomic mass is 16.5. The summed E-state index contributed by atoms with van der Waals surface area (Å²) in [4.78, 5) is 4.27. The van der Waals surface area contributed by atoms with Crippen molar-refractivity contribution in [3.05, 3.63) is 11.7 Å². The van der Waals surface area contributed by atoms with Crippen LogP contribution >= 0.6 is 0 Å². The van der Waals surface area contributed by atoms with Crippen molar-refractivity contribution in [2.45, 2.75) is 46.0 Å². The fourth-order valence-corrected chi connectivity index (χ4v) is 1.23. The summed E-state index contributed by atoms with van der Waals surface area (Å²) in [5, 5.41) is 12.3. The Morgan fingerprint density at radius 1 is 1.40 bits per heavy atom. The molecule has 0 amide bonds. The van der Waals surface area contributed by atoms with Crippen molar-refractivity contribution in [2.24, 2.45) is 5.92 Å². The third-order valence-corrected chi connectivity index (χ3v) is 2.13. The zero-order valence-corrected chi connectivity index (χ0v) is 9.36. The van der Waals surface area contributed by atoms with E-state index in [-0.39, 0.29) is 0 Å². The van der Waals surface area contributed by atoms with Crippen molar-refractivity contribution in [1.82, 2.24) is 10.1 Å². The first-order valence-corrected chi connectivity index (χ1v) is 5.40. The van der Waals surface area contributed by atoms with Crippen LogP contribution in [0.4, 0.5) is 0 Å². The second-order valence-corrected chi connectivity index (χ2v) is 4.05. The van der Waals surface area contributed by atoms with Gasteiger partial charge < -0.3 is 4.52 Å². The summed E-state index contributed by atoms with van der Waals surface area (Å²) >= 11 is 0. The number of hydrogen-bond acceptors (Lipinski definition) is 4. The topological polar surface area (TPSA) is 62.7 Å². The van der Waals surface area contributed by atoms with Crippen molar-refractivity contribution in [2.75, 3.05) is 0 Å². The first-order chi connectivity index (χ1) is 7.22. The summed E-state index contributed by atoms with van der Waals surface area (Å²) in [6.07, 6.45) is 4.00. The lowest BCUT2D eigenvalue weighted by Crippen LogP contribution is -1.94. The molecule has 0 aliphatic carbocycles. The number of nitrogens with zero attached hydrogens (tertiary/aromatic N) is 3. The molecule has 1 aromatic rings. The van der Waals surface area contributed by atoms with E-state index in [2.05, 4.69) is 30.1 Å². The summed E-state index contributed by atoms with van der Waals surface area (Å²) < 4.78 is 5.07. The van der Waals surface area contributed by atoms with Gasteiger partial charge in [-0.2, -0.15) is 10.2 Å². The zero-order valence-electron chi connectivity index (χ0n) is 9.36. The summed E-state index contributed by atoms with van der Waals surface area (Å²) in [7, 11) is 0. The molecule has 0 bridgehead atoms. The molecule has 1 aromatic heterocycles. The molecule has 0 fully saturated rings. The summed E-state index contributed by atoms with van der Waals surface area (Å²) in [6, 6.07) is 2.09. The fourth-order valence-electron chi connectivity index (χ4n) is 1.23. The molecule has 82 valence electrons. The lowest BCUT2D eigenvalue weighted by atomic mass is 10.1. The van der Waals surface area contributed by atoms with Crippen molar-refractivity contribution < 1.29 is 4.52 Å². The van der Waals surface area contributed by atoms with Gasteiger partial charge in [0.1, 0.15) is 0 Å². The molecule has 15 heavy (non-hydrogen) atoms. The highest BCUT2D eigenvalue weighted by Gasteiger charge is 2.06. The molecule has 4 heteroatoms. The minimum Gasteiger partial charge on any atom is -0.339 e. The Morgan fingerprint density at radius 2 is 2.20 bits per heavy atom. The number of hydrogen-bond donors (Lipinski definition) is 0. The van der Waals surface area contributed by atoms with Crippen LogP contribution in [0, 0.1) is 17.2 Å². The van der Waals surface area contributed by atoms with Gasteiger partial charge in [-0.25, -0.2) is 0 Å². The largest absolute Gasteiger partial charge is 0.339 e. The van der Waals surface area contributed by atoms with E-state index in [9.17, 15) is 0 Å². The molecule has 0 atom stereocenters. The van der Waals surface area contributed by atoms with E-state index in [4.69, 9.17) is 9.78 Å². The van der Waals surface area contributed by atoms with E-state index in [1.807, 2.05) is 0 Å². The standard InChI is InChI=1S/C11H17N3O/c1-9(2)6-7-10-13-11(15-14-10)5-3-4-8-12/h9H,3-7H2,1-2H3. The lowest BCUT2D eigenvalue weighted by Gasteiger charge is -1.98. The molecule has 0 radical (unpaired) electrons. The first kappa shape index (κ1) is 11.7. The highest BCUT2D eigenvalue weighted by molar-refractivity contribution is 4.87. The van der Waals surface area contributed by atoms with Crippen LogP contribution in [-0.4, -0.2) is 10.1 Å². The van der Waals surface area contributed by atoms with E-state index in [0.717, 1.165) is 25.1 Å². The zero-order chi connectivity index (χ0) is 11.1. The molecule has 0 spiro atoms. The Kier molecular flexibility index (Phi) is 4.82. The van der Waals surface area contributed by atoms with Gasteiger partial charge in [0, 0.05) is 19.3 Å². The number of aryl methyl sites for hydroxylation is 2. The van der Waals surface area contributed by atoms with Crippen molar-refractivity contribution >= 4 is 0 Å². The van der Waals surface area contributed by atoms with Crippen LogP contribution in [0.3, 0.4) is 0 Å². The smallest absolute Gasteiger partial charge is 0.226 e. The Morgan fingerprint density at radius 3 is 2.87 bits per heavy atom. The number of nitriles is 1. The fraction of sp³-hybridized carbons (Fsp3) is 0.727. The first-order valence-electron chi connectivity index (χ1n) is 5.40. The van der Waals surface area contributed by atoms with Crippen LogP contribution in [0.25, 0.3) is 0 Å². The van der Waals surface area contributed by atoms with Gasteiger partial charge in [-0.1, -0.05) is 19.0 Å². The molecular weight excluding hydrogens is 190 g/mol. The van der Waals surface area contributed by atoms with Crippen LogP contribution in [0.2, 0.25) is 0 Å². The average molecular weight is 207 g/mol.